The number of hydrogen-bond acceptors (Lipinski definition) is 3. The van der Waals surface area contributed by atoms with Crippen LogP contribution in [-0.4, -0.2) is 35.7 Å². The number of thioether (sulfide) groups is 1. The fourth-order valence-corrected chi connectivity index (χ4v) is 1.94. The monoisotopic (exact) mass is 282 g/mol. The van der Waals surface area contributed by atoms with Gasteiger partial charge >= 0.3 is 12.0 Å². The normalized spacial score (nSPS) is 9.95. The number of carbonyl (C=O) groups is 2. The summed E-state index contributed by atoms with van der Waals surface area (Å²) in [5.41, 5.74) is 0.773. The van der Waals surface area contributed by atoms with Gasteiger partial charge in [0.2, 0.25) is 0 Å². The van der Waals surface area contributed by atoms with Crippen LogP contribution >= 0.6 is 11.8 Å². The Labute approximate surface area is 116 Å². The molecule has 2 amide bonds. The number of carbonyl (C=O) groups excluding carboxylic acids is 1. The largest absolute Gasteiger partial charge is 0.478 e. The number of benzene rings is 1. The fourth-order valence-electron chi connectivity index (χ4n) is 1.44. The average Bonchev–Trinajstić information content (AvgIpc) is 2.39. The molecule has 0 aliphatic heterocycles. The lowest BCUT2D eigenvalue weighted by Crippen LogP contribution is -2.29. The Balaban J connectivity index is 2.30. The van der Waals surface area contributed by atoms with E-state index in [1.54, 1.807) is 23.9 Å². The minimum absolute atomic E-state index is 0.197. The van der Waals surface area contributed by atoms with Gasteiger partial charge in [0.15, 0.2) is 0 Å². The van der Waals surface area contributed by atoms with Crippen molar-refractivity contribution in [2.45, 2.75) is 12.8 Å². The number of amides is 2. The van der Waals surface area contributed by atoms with Crippen molar-refractivity contribution in [3.63, 3.8) is 0 Å². The predicted octanol–water partition coefficient (Wildman–Crippen LogP) is 2.65. The second-order valence-electron chi connectivity index (χ2n) is 3.96. The second kappa shape index (κ2) is 8.42. The Morgan fingerprint density at radius 2 is 1.89 bits per heavy atom. The minimum Gasteiger partial charge on any atom is -0.478 e. The van der Waals surface area contributed by atoms with E-state index in [0.29, 0.717) is 12.2 Å². The number of nitrogens with one attached hydrogen (secondary N) is 2. The van der Waals surface area contributed by atoms with Gasteiger partial charge in [-0.25, -0.2) is 9.59 Å². The van der Waals surface area contributed by atoms with Crippen molar-refractivity contribution in [3.05, 3.63) is 29.8 Å². The van der Waals surface area contributed by atoms with Gasteiger partial charge in [-0.15, -0.1) is 0 Å². The number of aromatic carboxylic acids is 1. The number of hydrogen-bond donors (Lipinski definition) is 3. The van der Waals surface area contributed by atoms with Gasteiger partial charge in [0.05, 0.1) is 5.56 Å². The summed E-state index contributed by atoms with van der Waals surface area (Å²) in [6.45, 7) is 0.638. The molecule has 3 N–H and O–H groups in total. The molecule has 19 heavy (non-hydrogen) atoms. The van der Waals surface area contributed by atoms with Crippen molar-refractivity contribution in [2.24, 2.45) is 0 Å². The summed E-state index contributed by atoms with van der Waals surface area (Å²) in [6.07, 6.45) is 4.09. The second-order valence-corrected chi connectivity index (χ2v) is 4.95. The summed E-state index contributed by atoms with van der Waals surface area (Å²) >= 11 is 1.79. The van der Waals surface area contributed by atoms with Crippen LogP contribution in [0.25, 0.3) is 0 Å². The molecule has 6 heteroatoms. The molecule has 0 aliphatic carbocycles. The van der Waals surface area contributed by atoms with Gasteiger partial charge in [0.25, 0.3) is 0 Å². The van der Waals surface area contributed by atoms with Crippen molar-refractivity contribution in [3.8, 4) is 0 Å². The van der Waals surface area contributed by atoms with Crippen LogP contribution in [0.5, 0.6) is 0 Å². The van der Waals surface area contributed by atoms with Gasteiger partial charge < -0.3 is 15.7 Å². The number of rotatable bonds is 7. The highest BCUT2D eigenvalue weighted by Gasteiger charge is 2.04. The molecule has 0 heterocycles. The zero-order valence-electron chi connectivity index (χ0n) is 10.8. The summed E-state index contributed by atoms with van der Waals surface area (Å²) in [5, 5.41) is 14.1. The van der Waals surface area contributed by atoms with Gasteiger partial charge in [0, 0.05) is 12.2 Å². The molecule has 1 rings (SSSR count). The molecule has 0 aromatic heterocycles. The molecule has 0 radical (unpaired) electrons. The average molecular weight is 282 g/mol. The van der Waals surface area contributed by atoms with E-state index in [1.165, 1.54) is 12.1 Å². The molecule has 0 fully saturated rings. The van der Waals surface area contributed by atoms with E-state index in [9.17, 15) is 9.59 Å². The molecule has 0 atom stereocenters. The zero-order chi connectivity index (χ0) is 14.1. The number of urea groups is 1. The van der Waals surface area contributed by atoms with Gasteiger partial charge in [-0.3, -0.25) is 0 Å². The Kier molecular flexibility index (Phi) is 6.81. The molecule has 0 aliphatic rings. The van der Waals surface area contributed by atoms with Gasteiger partial charge in [-0.2, -0.15) is 11.8 Å². The van der Waals surface area contributed by atoms with Crippen LogP contribution in [-0.2, 0) is 0 Å². The standard InChI is InChI=1S/C13H18N2O3S/c1-19-9-3-2-8-14-13(18)15-11-6-4-10(5-7-11)12(16)17/h4-7H,2-3,8-9H2,1H3,(H,16,17)(H2,14,15,18). The van der Waals surface area contributed by atoms with Crippen molar-refractivity contribution in [2.75, 3.05) is 23.9 Å². The maximum absolute atomic E-state index is 11.5. The van der Waals surface area contributed by atoms with Gasteiger partial charge in [-0.05, 0) is 49.1 Å². The van der Waals surface area contributed by atoms with Crippen molar-refractivity contribution in [1.82, 2.24) is 5.32 Å². The molecule has 0 saturated carbocycles. The Hall–Kier alpha value is -1.69. The fraction of sp³-hybridized carbons (Fsp3) is 0.385. The third-order valence-electron chi connectivity index (χ3n) is 2.45. The first-order valence-corrected chi connectivity index (χ1v) is 7.40. The Morgan fingerprint density at radius 1 is 1.21 bits per heavy atom. The van der Waals surface area contributed by atoms with Gasteiger partial charge in [0.1, 0.15) is 0 Å². The van der Waals surface area contributed by atoms with Gasteiger partial charge in [-0.1, -0.05) is 0 Å². The Morgan fingerprint density at radius 3 is 2.47 bits per heavy atom. The summed E-state index contributed by atoms with van der Waals surface area (Å²) in [7, 11) is 0. The molecule has 1 aromatic carbocycles. The highest BCUT2D eigenvalue weighted by atomic mass is 32.2. The maximum atomic E-state index is 11.5. The smallest absolute Gasteiger partial charge is 0.335 e. The lowest BCUT2D eigenvalue weighted by molar-refractivity contribution is 0.0697. The van der Waals surface area contributed by atoms with E-state index in [0.717, 1.165) is 18.6 Å². The molecular weight excluding hydrogens is 264 g/mol. The molecule has 0 spiro atoms. The molecule has 0 unspecified atom stereocenters. The van der Waals surface area contributed by atoms with Crippen LogP contribution in [0, 0.1) is 0 Å². The Bertz CT molecular complexity index is 420. The quantitative estimate of drug-likeness (QED) is 0.672. The van der Waals surface area contributed by atoms with Crippen LogP contribution in [0.4, 0.5) is 10.5 Å². The van der Waals surface area contributed by atoms with Crippen molar-refractivity contribution < 1.29 is 14.7 Å². The highest BCUT2D eigenvalue weighted by Crippen LogP contribution is 2.09. The number of unbranched alkanes of at least 4 members (excludes halogenated alkanes) is 1. The highest BCUT2D eigenvalue weighted by molar-refractivity contribution is 7.98. The topological polar surface area (TPSA) is 78.4 Å². The summed E-state index contributed by atoms with van der Waals surface area (Å²) < 4.78 is 0. The molecule has 1 aromatic rings. The molecule has 5 nitrogen and oxygen atoms in total. The molecular formula is C13H18N2O3S. The lowest BCUT2D eigenvalue weighted by atomic mass is 10.2. The van der Waals surface area contributed by atoms with Crippen LogP contribution < -0.4 is 10.6 Å². The molecule has 0 bridgehead atoms. The first-order valence-electron chi connectivity index (χ1n) is 6.00. The van der Waals surface area contributed by atoms with Crippen LogP contribution in [0.3, 0.4) is 0 Å². The lowest BCUT2D eigenvalue weighted by Gasteiger charge is -2.07. The van der Waals surface area contributed by atoms with Crippen molar-refractivity contribution >= 4 is 29.4 Å². The maximum Gasteiger partial charge on any atom is 0.335 e. The predicted molar refractivity (Wildman–Crippen MR) is 78.0 cm³/mol. The van der Waals surface area contributed by atoms with Crippen molar-refractivity contribution in [1.29, 1.82) is 0 Å². The number of carboxylic acids is 1. The van der Waals surface area contributed by atoms with E-state index in [4.69, 9.17) is 5.11 Å². The zero-order valence-corrected chi connectivity index (χ0v) is 11.6. The summed E-state index contributed by atoms with van der Waals surface area (Å²) in [4.78, 5) is 22.2. The van der Waals surface area contributed by atoms with E-state index >= 15 is 0 Å². The molecule has 104 valence electrons. The van der Waals surface area contributed by atoms with E-state index in [2.05, 4.69) is 16.9 Å². The third kappa shape index (κ3) is 6.15. The van der Waals surface area contributed by atoms with Crippen LogP contribution in [0.1, 0.15) is 23.2 Å². The van der Waals surface area contributed by atoms with E-state index in [1.807, 2.05) is 0 Å². The molecule has 0 saturated heterocycles. The van der Waals surface area contributed by atoms with Crippen LogP contribution in [0.2, 0.25) is 0 Å². The number of anilines is 1. The van der Waals surface area contributed by atoms with Crippen LogP contribution in [0.15, 0.2) is 24.3 Å². The first-order chi connectivity index (χ1) is 9.13. The first kappa shape index (κ1) is 15.4. The summed E-state index contributed by atoms with van der Waals surface area (Å²) in [6, 6.07) is 5.77. The minimum atomic E-state index is -0.982. The third-order valence-corrected chi connectivity index (χ3v) is 3.15. The number of carboxylic acid groups (broad SMARTS) is 1. The summed E-state index contributed by atoms with van der Waals surface area (Å²) in [5.74, 6) is 0.116. The van der Waals surface area contributed by atoms with E-state index < -0.39 is 5.97 Å². The van der Waals surface area contributed by atoms with E-state index in [-0.39, 0.29) is 11.6 Å². The SMILES string of the molecule is CSCCCCNC(=O)Nc1ccc(C(=O)O)cc1.